The molecule has 0 aromatic carbocycles. The third-order valence-electron chi connectivity index (χ3n) is 2.90. The molecule has 1 N–H and O–H groups in total. The lowest BCUT2D eigenvalue weighted by Crippen LogP contribution is -2.07. The summed E-state index contributed by atoms with van der Waals surface area (Å²) >= 11 is 0. The number of H-pyrrole nitrogens is 1. The van der Waals surface area contributed by atoms with E-state index in [1.807, 2.05) is 13.8 Å². The summed E-state index contributed by atoms with van der Waals surface area (Å²) in [6.07, 6.45) is 4.76. The summed E-state index contributed by atoms with van der Waals surface area (Å²) < 4.78 is 0. The second-order valence-electron chi connectivity index (χ2n) is 4.41. The van der Waals surface area contributed by atoms with Gasteiger partial charge in [-0.3, -0.25) is 4.79 Å². The van der Waals surface area contributed by atoms with Crippen molar-refractivity contribution in [2.75, 3.05) is 0 Å². The number of hydrogen-bond acceptors (Lipinski definition) is 1. The molecule has 0 aliphatic heterocycles. The Kier molecular flexibility index (Phi) is 2.44. The average Bonchev–Trinajstić information content (AvgIpc) is 2.59. The lowest BCUT2D eigenvalue weighted by atomic mass is 9.98. The van der Waals surface area contributed by atoms with Crippen LogP contribution >= 0.6 is 0 Å². The zero-order valence-electron chi connectivity index (χ0n) is 8.89. The van der Waals surface area contributed by atoms with Gasteiger partial charge in [-0.25, -0.2) is 0 Å². The first kappa shape index (κ1) is 9.50. The number of fused-ring (bicyclic) bond motifs is 1. The molecule has 1 aromatic heterocycles. The average molecular weight is 191 g/mol. The summed E-state index contributed by atoms with van der Waals surface area (Å²) in [5.74, 6) is 0.328. The SMILES string of the molecule is CC(C)C(=O)c1cc2c([nH]1)CCCC2. The minimum atomic E-state index is 0.0927. The summed E-state index contributed by atoms with van der Waals surface area (Å²) in [7, 11) is 0. The number of nitrogens with one attached hydrogen (secondary N) is 1. The molecule has 0 spiro atoms. The molecule has 1 aromatic rings. The molecule has 0 atom stereocenters. The number of hydrogen-bond donors (Lipinski definition) is 1. The van der Waals surface area contributed by atoms with Gasteiger partial charge in [0.25, 0.3) is 0 Å². The molecule has 0 bridgehead atoms. The van der Waals surface area contributed by atoms with Crippen LogP contribution in [0.5, 0.6) is 0 Å². The normalized spacial score (nSPS) is 15.6. The predicted molar refractivity (Wildman–Crippen MR) is 56.6 cm³/mol. The highest BCUT2D eigenvalue weighted by Gasteiger charge is 2.17. The number of aromatic amines is 1. The zero-order valence-corrected chi connectivity index (χ0v) is 8.89. The van der Waals surface area contributed by atoms with Crippen molar-refractivity contribution in [3.8, 4) is 0 Å². The van der Waals surface area contributed by atoms with Gasteiger partial charge in [0.2, 0.25) is 0 Å². The first-order valence-corrected chi connectivity index (χ1v) is 5.43. The molecule has 0 saturated carbocycles. The van der Waals surface area contributed by atoms with Crippen LogP contribution in [0.15, 0.2) is 6.07 Å². The van der Waals surface area contributed by atoms with E-state index >= 15 is 0 Å². The van der Waals surface area contributed by atoms with E-state index in [9.17, 15) is 4.79 Å². The smallest absolute Gasteiger partial charge is 0.181 e. The molecular weight excluding hydrogens is 174 g/mol. The Bertz CT molecular complexity index is 326. The van der Waals surface area contributed by atoms with Crippen molar-refractivity contribution in [2.45, 2.75) is 39.5 Å². The summed E-state index contributed by atoms with van der Waals surface area (Å²) in [6.45, 7) is 3.89. The van der Waals surface area contributed by atoms with Crippen LogP contribution in [0.4, 0.5) is 0 Å². The first-order valence-electron chi connectivity index (χ1n) is 5.43. The van der Waals surface area contributed by atoms with Crippen LogP contribution in [0.2, 0.25) is 0 Å². The fourth-order valence-electron chi connectivity index (χ4n) is 2.05. The third-order valence-corrected chi connectivity index (χ3v) is 2.90. The van der Waals surface area contributed by atoms with Crippen LogP contribution in [-0.4, -0.2) is 10.8 Å². The Labute approximate surface area is 84.7 Å². The Morgan fingerprint density at radius 2 is 2.07 bits per heavy atom. The Morgan fingerprint density at radius 3 is 2.71 bits per heavy atom. The molecule has 76 valence electrons. The van der Waals surface area contributed by atoms with Gasteiger partial charge in [0.1, 0.15) is 0 Å². The van der Waals surface area contributed by atoms with E-state index in [2.05, 4.69) is 11.1 Å². The monoisotopic (exact) mass is 191 g/mol. The third kappa shape index (κ3) is 1.61. The molecule has 0 saturated heterocycles. The molecule has 2 rings (SSSR count). The molecule has 14 heavy (non-hydrogen) atoms. The van der Waals surface area contributed by atoms with E-state index in [1.165, 1.54) is 24.1 Å². The van der Waals surface area contributed by atoms with E-state index in [0.717, 1.165) is 18.5 Å². The van der Waals surface area contributed by atoms with Crippen LogP contribution in [0, 0.1) is 5.92 Å². The van der Waals surface area contributed by atoms with Crippen molar-refractivity contribution < 1.29 is 4.79 Å². The molecule has 1 aliphatic carbocycles. The highest BCUT2D eigenvalue weighted by Crippen LogP contribution is 2.22. The van der Waals surface area contributed by atoms with Gasteiger partial charge >= 0.3 is 0 Å². The lowest BCUT2D eigenvalue weighted by Gasteiger charge is -2.08. The van der Waals surface area contributed by atoms with E-state index in [4.69, 9.17) is 0 Å². The maximum Gasteiger partial charge on any atom is 0.181 e. The second kappa shape index (κ2) is 3.60. The number of carbonyl (C=O) groups is 1. The van der Waals surface area contributed by atoms with Gasteiger partial charge in [-0.05, 0) is 37.3 Å². The molecule has 1 heterocycles. The second-order valence-corrected chi connectivity index (χ2v) is 4.41. The minimum absolute atomic E-state index is 0.0927. The number of aryl methyl sites for hydroxylation is 2. The van der Waals surface area contributed by atoms with Crippen LogP contribution in [0.25, 0.3) is 0 Å². The largest absolute Gasteiger partial charge is 0.356 e. The quantitative estimate of drug-likeness (QED) is 0.716. The number of carbonyl (C=O) groups excluding carboxylic acids is 1. The maximum atomic E-state index is 11.7. The summed E-state index contributed by atoms with van der Waals surface area (Å²) in [5, 5.41) is 0. The molecule has 0 radical (unpaired) electrons. The molecule has 0 unspecified atom stereocenters. The fourth-order valence-corrected chi connectivity index (χ4v) is 2.05. The van der Waals surface area contributed by atoms with Gasteiger partial charge in [0.15, 0.2) is 5.78 Å². The van der Waals surface area contributed by atoms with Gasteiger partial charge in [-0.1, -0.05) is 13.8 Å². The molecule has 0 fully saturated rings. The molecule has 2 heteroatoms. The topological polar surface area (TPSA) is 32.9 Å². The molecule has 1 aliphatic rings. The fraction of sp³-hybridized carbons (Fsp3) is 0.583. The van der Waals surface area contributed by atoms with Gasteiger partial charge in [0, 0.05) is 11.6 Å². The van der Waals surface area contributed by atoms with Gasteiger partial charge in [0.05, 0.1) is 5.69 Å². The van der Waals surface area contributed by atoms with E-state index in [1.54, 1.807) is 0 Å². The van der Waals surface area contributed by atoms with Crippen LogP contribution in [0.3, 0.4) is 0 Å². The number of ketones is 1. The Hall–Kier alpha value is -1.05. The van der Waals surface area contributed by atoms with Crippen LogP contribution in [-0.2, 0) is 12.8 Å². The van der Waals surface area contributed by atoms with Gasteiger partial charge in [-0.2, -0.15) is 0 Å². The summed E-state index contributed by atoms with van der Waals surface area (Å²) in [6, 6.07) is 2.05. The Balaban J connectivity index is 2.28. The van der Waals surface area contributed by atoms with Crippen molar-refractivity contribution in [3.05, 3.63) is 23.0 Å². The van der Waals surface area contributed by atoms with Crippen molar-refractivity contribution in [1.29, 1.82) is 0 Å². The van der Waals surface area contributed by atoms with E-state index < -0.39 is 0 Å². The van der Waals surface area contributed by atoms with Crippen LogP contribution < -0.4 is 0 Å². The van der Waals surface area contributed by atoms with Crippen LogP contribution in [0.1, 0.15) is 48.4 Å². The van der Waals surface area contributed by atoms with Gasteiger partial charge in [-0.15, -0.1) is 0 Å². The molecule has 0 amide bonds. The van der Waals surface area contributed by atoms with Crippen molar-refractivity contribution in [1.82, 2.24) is 4.98 Å². The summed E-state index contributed by atoms with van der Waals surface area (Å²) in [5.41, 5.74) is 3.47. The first-order chi connectivity index (χ1) is 6.68. The zero-order chi connectivity index (χ0) is 10.1. The molecular formula is C12H17NO. The lowest BCUT2D eigenvalue weighted by molar-refractivity contribution is 0.0935. The Morgan fingerprint density at radius 1 is 1.36 bits per heavy atom. The van der Waals surface area contributed by atoms with Crippen molar-refractivity contribution in [3.63, 3.8) is 0 Å². The van der Waals surface area contributed by atoms with Gasteiger partial charge < -0.3 is 4.98 Å². The molecule has 2 nitrogen and oxygen atoms in total. The maximum absolute atomic E-state index is 11.7. The predicted octanol–water partition coefficient (Wildman–Crippen LogP) is 2.73. The van der Waals surface area contributed by atoms with Crippen molar-refractivity contribution >= 4 is 5.78 Å². The van der Waals surface area contributed by atoms with E-state index in [0.29, 0.717) is 0 Å². The number of Topliss-reactive ketones (excluding diaryl/α,β-unsaturated/α-hetero) is 1. The minimum Gasteiger partial charge on any atom is -0.356 e. The highest BCUT2D eigenvalue weighted by molar-refractivity contribution is 5.96. The summed E-state index contributed by atoms with van der Waals surface area (Å²) in [4.78, 5) is 15.0. The highest BCUT2D eigenvalue weighted by atomic mass is 16.1. The van der Waals surface area contributed by atoms with E-state index in [-0.39, 0.29) is 11.7 Å². The standard InChI is InChI=1S/C12H17NO/c1-8(2)12(14)11-7-9-5-3-4-6-10(9)13-11/h7-8,13H,3-6H2,1-2H3. The number of rotatable bonds is 2. The van der Waals surface area contributed by atoms with Crippen molar-refractivity contribution in [2.24, 2.45) is 5.92 Å². The number of aromatic nitrogens is 1.